The quantitative estimate of drug-likeness (QED) is 0.202. The number of aromatic nitrogens is 1. The van der Waals surface area contributed by atoms with Crippen LogP contribution in [0.3, 0.4) is 0 Å². The van der Waals surface area contributed by atoms with Gasteiger partial charge in [-0.1, -0.05) is 30.3 Å². The van der Waals surface area contributed by atoms with Crippen molar-refractivity contribution in [3.63, 3.8) is 0 Å². The third-order valence-electron chi connectivity index (χ3n) is 7.19. The van der Waals surface area contributed by atoms with Gasteiger partial charge in [0.1, 0.15) is 32.2 Å². The lowest BCUT2D eigenvalue weighted by Gasteiger charge is -2.22. The highest BCUT2D eigenvalue weighted by molar-refractivity contribution is 7.21. The van der Waals surface area contributed by atoms with Gasteiger partial charge in [0.25, 0.3) is 5.91 Å². The number of hydrogen-bond donors (Lipinski definition) is 3. The molecule has 0 fully saturated rings. The van der Waals surface area contributed by atoms with Gasteiger partial charge in [-0.25, -0.2) is 9.78 Å². The fraction of sp³-hybridized carbons (Fsp3) is 0.172. The molecule has 5 N–H and O–H groups in total. The van der Waals surface area contributed by atoms with Crippen molar-refractivity contribution < 1.29 is 14.3 Å². The molecule has 0 aliphatic heterocycles. The number of anilines is 3. The van der Waals surface area contributed by atoms with Gasteiger partial charge in [0.05, 0.1) is 18.4 Å². The largest absolute Gasteiger partial charge is 0.465 e. The van der Waals surface area contributed by atoms with Crippen LogP contribution >= 0.6 is 34.0 Å². The molecule has 1 amide bonds. The number of nitrogens with two attached hydrogens (primary N) is 2. The van der Waals surface area contributed by atoms with Crippen LogP contribution in [0.15, 0.2) is 47.2 Å². The van der Waals surface area contributed by atoms with Crippen LogP contribution in [0.4, 0.5) is 16.5 Å². The van der Waals surface area contributed by atoms with E-state index in [2.05, 4.69) is 28.5 Å². The van der Waals surface area contributed by atoms with E-state index in [0.29, 0.717) is 38.7 Å². The van der Waals surface area contributed by atoms with Crippen LogP contribution < -0.4 is 16.8 Å². The van der Waals surface area contributed by atoms with Gasteiger partial charge in [0, 0.05) is 15.8 Å². The smallest absolute Gasteiger partial charge is 0.341 e. The number of methoxy groups -OCH3 is 1. The molecule has 0 bridgehead atoms. The van der Waals surface area contributed by atoms with Crippen molar-refractivity contribution in [1.29, 1.82) is 5.26 Å². The standard InChI is InChI=1S/C29H23N5O3S3/c1-37-29(36)21-17-8-7-15(14-5-3-2-4-6-14)11-19(17)39-27(21)34-26(35)24-23(31)22-20(16-9-10-38-13-16)18(12-30)25(32)33-28(22)40-24/h2-6,9-10,13,15H,7-8,11,31H2,1H3,(H2,32,33)(H,34,35). The molecule has 200 valence electrons. The summed E-state index contributed by atoms with van der Waals surface area (Å²) in [4.78, 5) is 32.7. The van der Waals surface area contributed by atoms with Gasteiger partial charge in [-0.2, -0.15) is 16.6 Å². The zero-order chi connectivity index (χ0) is 28.0. The van der Waals surface area contributed by atoms with Crippen LogP contribution in [-0.2, 0) is 17.6 Å². The Morgan fingerprint density at radius 3 is 2.67 bits per heavy atom. The van der Waals surface area contributed by atoms with Crippen LogP contribution in [0.2, 0.25) is 0 Å². The number of amides is 1. The number of rotatable bonds is 5. The number of benzene rings is 1. The molecular formula is C29H23N5O3S3. The van der Waals surface area contributed by atoms with Gasteiger partial charge < -0.3 is 21.5 Å². The van der Waals surface area contributed by atoms with Crippen molar-refractivity contribution in [2.75, 3.05) is 23.9 Å². The van der Waals surface area contributed by atoms with E-state index < -0.39 is 11.9 Å². The first kappa shape index (κ1) is 26.0. The third-order valence-corrected chi connectivity index (χ3v) is 10.1. The second-order valence-electron chi connectivity index (χ2n) is 9.40. The molecular weight excluding hydrogens is 563 g/mol. The molecule has 1 aromatic carbocycles. The minimum atomic E-state index is -0.483. The Kier molecular flexibility index (Phi) is 6.75. The summed E-state index contributed by atoms with van der Waals surface area (Å²) in [5.41, 5.74) is 17.0. The number of esters is 1. The maximum absolute atomic E-state index is 13.7. The lowest BCUT2D eigenvalue weighted by atomic mass is 9.83. The summed E-state index contributed by atoms with van der Waals surface area (Å²) in [6, 6.07) is 14.3. The number of pyridine rings is 1. The summed E-state index contributed by atoms with van der Waals surface area (Å²) in [6.07, 6.45) is 2.38. The zero-order valence-corrected chi connectivity index (χ0v) is 23.8. The van der Waals surface area contributed by atoms with E-state index >= 15 is 0 Å². The molecule has 0 radical (unpaired) electrons. The van der Waals surface area contributed by atoms with Gasteiger partial charge in [0.2, 0.25) is 0 Å². The average Bonchev–Trinajstić information content (AvgIpc) is 3.70. The van der Waals surface area contributed by atoms with Crippen LogP contribution in [0.25, 0.3) is 21.3 Å². The molecule has 4 aromatic heterocycles. The van der Waals surface area contributed by atoms with E-state index in [-0.39, 0.29) is 21.9 Å². The van der Waals surface area contributed by atoms with Crippen molar-refractivity contribution >= 4 is 72.6 Å². The average molecular weight is 586 g/mol. The van der Waals surface area contributed by atoms with Crippen LogP contribution in [0, 0.1) is 11.3 Å². The summed E-state index contributed by atoms with van der Waals surface area (Å²) in [7, 11) is 1.34. The lowest BCUT2D eigenvalue weighted by molar-refractivity contribution is 0.0601. The molecule has 40 heavy (non-hydrogen) atoms. The van der Waals surface area contributed by atoms with Gasteiger partial charge in [-0.15, -0.1) is 22.7 Å². The Bertz CT molecular complexity index is 1820. The summed E-state index contributed by atoms with van der Waals surface area (Å²) in [6.45, 7) is 0. The predicted molar refractivity (Wildman–Crippen MR) is 161 cm³/mol. The van der Waals surface area contributed by atoms with E-state index in [4.69, 9.17) is 16.2 Å². The maximum atomic E-state index is 13.7. The van der Waals surface area contributed by atoms with Crippen molar-refractivity contribution in [3.05, 3.63) is 79.2 Å². The van der Waals surface area contributed by atoms with Gasteiger partial charge in [-0.3, -0.25) is 4.79 Å². The molecule has 1 aliphatic rings. The van der Waals surface area contributed by atoms with E-state index in [1.807, 2.05) is 35.0 Å². The summed E-state index contributed by atoms with van der Waals surface area (Å²) < 4.78 is 5.11. The molecule has 11 heteroatoms. The van der Waals surface area contributed by atoms with E-state index in [1.54, 1.807) is 0 Å². The first-order valence-electron chi connectivity index (χ1n) is 12.4. The van der Waals surface area contributed by atoms with Crippen molar-refractivity contribution in [3.8, 4) is 17.2 Å². The van der Waals surface area contributed by atoms with Gasteiger partial charge in [-0.05, 0) is 58.7 Å². The molecule has 0 spiro atoms. The lowest BCUT2D eigenvalue weighted by Crippen LogP contribution is -2.16. The second kappa shape index (κ2) is 10.4. The topological polar surface area (TPSA) is 144 Å². The number of thiophene rings is 3. The third kappa shape index (κ3) is 4.30. The first-order chi connectivity index (χ1) is 19.4. The molecule has 0 saturated carbocycles. The fourth-order valence-electron chi connectivity index (χ4n) is 5.31. The zero-order valence-electron chi connectivity index (χ0n) is 21.3. The van der Waals surface area contributed by atoms with Crippen molar-refractivity contribution in [2.45, 2.75) is 25.2 Å². The van der Waals surface area contributed by atoms with Crippen LogP contribution in [0.5, 0.6) is 0 Å². The molecule has 4 heterocycles. The van der Waals surface area contributed by atoms with Crippen LogP contribution in [-0.4, -0.2) is 24.0 Å². The SMILES string of the molecule is COC(=O)c1c(NC(=O)c2sc3nc(N)c(C#N)c(-c4ccsc4)c3c2N)sc2c1CCC(c1ccccc1)C2. The molecule has 1 atom stereocenters. The van der Waals surface area contributed by atoms with E-state index in [9.17, 15) is 14.9 Å². The Balaban J connectivity index is 1.40. The number of carbonyl (C=O) groups excluding carboxylic acids is 2. The maximum Gasteiger partial charge on any atom is 0.341 e. The predicted octanol–water partition coefficient (Wildman–Crippen LogP) is 6.43. The first-order valence-corrected chi connectivity index (χ1v) is 15.0. The molecule has 6 rings (SSSR count). The number of fused-ring (bicyclic) bond motifs is 2. The summed E-state index contributed by atoms with van der Waals surface area (Å²) in [5.74, 6) is -0.530. The highest BCUT2D eigenvalue weighted by atomic mass is 32.1. The minimum absolute atomic E-state index is 0.0799. The fourth-order valence-corrected chi connectivity index (χ4v) is 8.27. The monoisotopic (exact) mass is 585 g/mol. The number of nitrogens with one attached hydrogen (secondary N) is 1. The Hall–Kier alpha value is -4.24. The van der Waals surface area contributed by atoms with E-state index in [0.717, 1.165) is 40.2 Å². The van der Waals surface area contributed by atoms with Crippen molar-refractivity contribution in [2.24, 2.45) is 0 Å². The summed E-state index contributed by atoms with van der Waals surface area (Å²) >= 11 is 3.98. The molecule has 5 aromatic rings. The molecule has 0 saturated heterocycles. The second-order valence-corrected chi connectivity index (χ2v) is 12.3. The molecule has 1 unspecified atom stereocenters. The minimum Gasteiger partial charge on any atom is -0.465 e. The van der Waals surface area contributed by atoms with Gasteiger partial charge in [0.15, 0.2) is 0 Å². The number of ether oxygens (including phenoxy) is 1. The number of hydrogen-bond acceptors (Lipinski definition) is 10. The van der Waals surface area contributed by atoms with Gasteiger partial charge >= 0.3 is 5.97 Å². The number of carbonyl (C=O) groups is 2. The molecule has 8 nitrogen and oxygen atoms in total. The summed E-state index contributed by atoms with van der Waals surface area (Å²) in [5, 5.41) is 17.5. The number of nitrogens with zero attached hydrogens (tertiary/aromatic N) is 2. The van der Waals surface area contributed by atoms with Crippen molar-refractivity contribution in [1.82, 2.24) is 4.98 Å². The normalized spacial score (nSPS) is 14.4. The number of nitrogen functional groups attached to an aromatic ring is 2. The Morgan fingerprint density at radius 1 is 1.18 bits per heavy atom. The highest BCUT2D eigenvalue weighted by Gasteiger charge is 2.32. The Morgan fingerprint density at radius 2 is 1.98 bits per heavy atom. The molecule has 1 aliphatic carbocycles. The Labute approximate surface area is 241 Å². The van der Waals surface area contributed by atoms with Crippen LogP contribution in [0.1, 0.15) is 53.9 Å². The van der Waals surface area contributed by atoms with E-state index in [1.165, 1.54) is 35.3 Å². The number of nitriles is 1. The highest BCUT2D eigenvalue weighted by Crippen LogP contribution is 2.45.